The Morgan fingerprint density at radius 1 is 1.48 bits per heavy atom. The van der Waals surface area contributed by atoms with Crippen LogP contribution in [-0.2, 0) is 11.2 Å². The molecule has 2 bridgehead atoms. The van der Waals surface area contributed by atoms with Crippen molar-refractivity contribution in [3.05, 3.63) is 24.1 Å². The minimum absolute atomic E-state index is 0.1000. The van der Waals surface area contributed by atoms with Gasteiger partial charge < -0.3 is 15.1 Å². The fourth-order valence-corrected chi connectivity index (χ4v) is 3.55. The summed E-state index contributed by atoms with van der Waals surface area (Å²) in [5.74, 6) is 0.946. The summed E-state index contributed by atoms with van der Waals surface area (Å²) in [5, 5.41) is 6.52. The smallest absolute Gasteiger partial charge is 0.229 e. The van der Waals surface area contributed by atoms with Gasteiger partial charge in [-0.3, -0.25) is 4.79 Å². The van der Waals surface area contributed by atoms with E-state index in [2.05, 4.69) is 15.6 Å². The summed E-state index contributed by atoms with van der Waals surface area (Å²) in [4.78, 5) is 16.8. The van der Waals surface area contributed by atoms with Gasteiger partial charge in [0.2, 0.25) is 5.91 Å². The third-order valence-electron chi connectivity index (χ3n) is 4.64. The second kappa shape index (κ2) is 4.84. The maximum atomic E-state index is 12.4. The minimum Gasteiger partial charge on any atom is -0.441 e. The van der Waals surface area contributed by atoms with Crippen LogP contribution in [0.1, 0.15) is 32.1 Å². The van der Waals surface area contributed by atoms with Crippen molar-refractivity contribution >= 4 is 22.7 Å². The Bertz CT molecular complexity index is 694. The Morgan fingerprint density at radius 2 is 2.38 bits per heavy atom. The molecule has 0 radical (unpaired) electrons. The molecule has 2 aliphatic heterocycles. The summed E-state index contributed by atoms with van der Waals surface area (Å²) in [7, 11) is 0. The third kappa shape index (κ3) is 2.21. The molecule has 2 saturated heterocycles. The van der Waals surface area contributed by atoms with Gasteiger partial charge in [0.25, 0.3) is 0 Å². The molecule has 2 fully saturated rings. The summed E-state index contributed by atoms with van der Waals surface area (Å²) in [6, 6.07) is 6.53. The van der Waals surface area contributed by atoms with Crippen molar-refractivity contribution in [1.82, 2.24) is 10.3 Å². The molecular formula is C16H19N3O2. The normalized spacial score (nSPS) is 27.4. The molecule has 21 heavy (non-hydrogen) atoms. The lowest BCUT2D eigenvalue weighted by molar-refractivity contribution is -0.120. The number of hydrogen-bond acceptors (Lipinski definition) is 4. The molecule has 3 atom stereocenters. The fraction of sp³-hybridized carbons (Fsp3) is 0.500. The molecule has 2 N–H and O–H groups in total. The zero-order valence-corrected chi connectivity index (χ0v) is 12.1. The van der Waals surface area contributed by atoms with Crippen molar-refractivity contribution in [3.8, 4) is 0 Å². The number of benzene rings is 1. The van der Waals surface area contributed by atoms with Crippen molar-refractivity contribution in [2.24, 2.45) is 5.92 Å². The summed E-state index contributed by atoms with van der Waals surface area (Å²) >= 11 is 0. The van der Waals surface area contributed by atoms with Gasteiger partial charge in [0.1, 0.15) is 5.52 Å². The molecule has 0 spiro atoms. The molecule has 4 rings (SSSR count). The van der Waals surface area contributed by atoms with Gasteiger partial charge in [-0.2, -0.15) is 0 Å². The van der Waals surface area contributed by atoms with E-state index in [1.54, 1.807) is 0 Å². The van der Waals surface area contributed by atoms with Crippen molar-refractivity contribution < 1.29 is 9.21 Å². The van der Waals surface area contributed by atoms with Crippen LogP contribution in [0.4, 0.5) is 5.69 Å². The lowest BCUT2D eigenvalue weighted by Crippen LogP contribution is -2.32. The van der Waals surface area contributed by atoms with Crippen molar-refractivity contribution in [2.45, 2.75) is 44.7 Å². The summed E-state index contributed by atoms with van der Waals surface area (Å²) < 4.78 is 5.58. The van der Waals surface area contributed by atoms with Crippen molar-refractivity contribution in [2.75, 3.05) is 5.32 Å². The first-order valence-electron chi connectivity index (χ1n) is 7.69. The summed E-state index contributed by atoms with van der Waals surface area (Å²) in [5.41, 5.74) is 2.37. The number of anilines is 1. The van der Waals surface area contributed by atoms with E-state index in [1.807, 2.05) is 25.1 Å². The lowest BCUT2D eigenvalue weighted by atomic mass is 9.88. The van der Waals surface area contributed by atoms with Gasteiger partial charge in [0, 0.05) is 24.2 Å². The van der Waals surface area contributed by atoms with Gasteiger partial charge >= 0.3 is 0 Å². The zero-order chi connectivity index (χ0) is 14.4. The van der Waals surface area contributed by atoms with E-state index in [4.69, 9.17) is 4.42 Å². The topological polar surface area (TPSA) is 67.2 Å². The number of oxazole rings is 1. The second-order valence-electron chi connectivity index (χ2n) is 6.02. The highest BCUT2D eigenvalue weighted by Gasteiger charge is 2.42. The number of hydrogen-bond donors (Lipinski definition) is 2. The standard InChI is InChI=1S/C16H19N3O2/c1-2-15-19-13-8-10(4-6-14(13)21-15)18-16(20)11-7-9-3-5-12(11)17-9/h4,6,8-9,11-12,17H,2-3,5,7H2,1H3,(H,18,20). The number of aryl methyl sites for hydroxylation is 1. The molecule has 2 aromatic rings. The van der Waals surface area contributed by atoms with Gasteiger partial charge in [0.05, 0.1) is 5.92 Å². The monoisotopic (exact) mass is 285 g/mol. The second-order valence-corrected chi connectivity index (χ2v) is 6.02. The highest BCUT2D eigenvalue weighted by molar-refractivity contribution is 5.95. The lowest BCUT2D eigenvalue weighted by Gasteiger charge is -2.19. The third-order valence-corrected chi connectivity index (χ3v) is 4.64. The molecule has 1 aromatic carbocycles. The first-order valence-corrected chi connectivity index (χ1v) is 7.69. The average molecular weight is 285 g/mol. The van der Waals surface area contributed by atoms with E-state index in [0.29, 0.717) is 12.1 Å². The largest absolute Gasteiger partial charge is 0.441 e. The van der Waals surface area contributed by atoms with Gasteiger partial charge in [-0.25, -0.2) is 4.98 Å². The molecule has 0 saturated carbocycles. The molecule has 5 nitrogen and oxygen atoms in total. The van der Waals surface area contributed by atoms with Gasteiger partial charge in [-0.05, 0) is 37.5 Å². The van der Waals surface area contributed by atoms with Crippen LogP contribution in [0.2, 0.25) is 0 Å². The van der Waals surface area contributed by atoms with Crippen LogP contribution in [-0.4, -0.2) is 23.0 Å². The number of amides is 1. The Kier molecular flexibility index (Phi) is 2.96. The Balaban J connectivity index is 1.52. The Hall–Kier alpha value is -1.88. The van der Waals surface area contributed by atoms with Gasteiger partial charge in [-0.15, -0.1) is 0 Å². The average Bonchev–Trinajstić information content (AvgIpc) is 3.20. The number of carbonyl (C=O) groups is 1. The van der Waals surface area contributed by atoms with E-state index in [1.165, 1.54) is 6.42 Å². The molecule has 2 aliphatic rings. The predicted octanol–water partition coefficient (Wildman–Crippen LogP) is 2.47. The molecule has 110 valence electrons. The van der Waals surface area contributed by atoms with E-state index in [9.17, 15) is 4.79 Å². The quantitative estimate of drug-likeness (QED) is 0.909. The van der Waals surface area contributed by atoms with Crippen LogP contribution < -0.4 is 10.6 Å². The number of aromatic nitrogens is 1. The van der Waals surface area contributed by atoms with Crippen molar-refractivity contribution in [3.63, 3.8) is 0 Å². The van der Waals surface area contributed by atoms with Crippen LogP contribution in [0, 0.1) is 5.92 Å². The molecule has 1 amide bonds. The number of rotatable bonds is 3. The minimum atomic E-state index is 0.1000. The zero-order valence-electron chi connectivity index (χ0n) is 12.1. The molecule has 0 aliphatic carbocycles. The Labute approximate surface area is 123 Å². The van der Waals surface area contributed by atoms with Crippen LogP contribution in [0.25, 0.3) is 11.1 Å². The molecular weight excluding hydrogens is 266 g/mol. The first-order chi connectivity index (χ1) is 10.2. The maximum Gasteiger partial charge on any atom is 0.229 e. The summed E-state index contributed by atoms with van der Waals surface area (Å²) in [6.45, 7) is 2.01. The highest BCUT2D eigenvalue weighted by atomic mass is 16.3. The van der Waals surface area contributed by atoms with Crippen LogP contribution >= 0.6 is 0 Å². The number of nitrogens with zero attached hydrogens (tertiary/aromatic N) is 1. The van der Waals surface area contributed by atoms with Crippen molar-refractivity contribution in [1.29, 1.82) is 0 Å². The molecule has 3 heterocycles. The number of nitrogens with one attached hydrogen (secondary N) is 2. The van der Waals surface area contributed by atoms with Crippen LogP contribution in [0.5, 0.6) is 0 Å². The number of carbonyl (C=O) groups excluding carboxylic acids is 1. The van der Waals surface area contributed by atoms with Gasteiger partial charge in [0.15, 0.2) is 11.5 Å². The van der Waals surface area contributed by atoms with E-state index >= 15 is 0 Å². The van der Waals surface area contributed by atoms with Crippen LogP contribution in [0.15, 0.2) is 22.6 Å². The Morgan fingerprint density at radius 3 is 3.10 bits per heavy atom. The molecule has 1 aromatic heterocycles. The SMILES string of the molecule is CCc1nc2cc(NC(=O)C3CC4CCC3N4)ccc2o1. The van der Waals surface area contributed by atoms with E-state index in [-0.39, 0.29) is 11.8 Å². The predicted molar refractivity (Wildman–Crippen MR) is 80.1 cm³/mol. The van der Waals surface area contributed by atoms with Crippen LogP contribution in [0.3, 0.4) is 0 Å². The highest BCUT2D eigenvalue weighted by Crippen LogP contribution is 2.34. The fourth-order valence-electron chi connectivity index (χ4n) is 3.55. The van der Waals surface area contributed by atoms with E-state index < -0.39 is 0 Å². The van der Waals surface area contributed by atoms with E-state index in [0.717, 1.165) is 41.9 Å². The maximum absolute atomic E-state index is 12.4. The number of fused-ring (bicyclic) bond motifs is 3. The first kappa shape index (κ1) is 12.8. The molecule has 5 heteroatoms. The van der Waals surface area contributed by atoms with Gasteiger partial charge in [-0.1, -0.05) is 6.92 Å². The molecule has 3 unspecified atom stereocenters. The summed E-state index contributed by atoms with van der Waals surface area (Å²) in [6.07, 6.45) is 4.06.